The standard InChI is InChI=1S/C20H27N3O2S/c1-4-5-10-21-19(25)16-8-6-15(7-9-16)12-22-18(24)11-17-13-26-20(23-17)14(2)3/h6-9,13-14H,4-5,10-12H2,1-3H3,(H,21,25)(H,22,24). The molecule has 0 bridgehead atoms. The fraction of sp³-hybridized carbons (Fsp3) is 0.450. The molecule has 1 aromatic carbocycles. The van der Waals surface area contributed by atoms with Crippen LogP contribution in [0.15, 0.2) is 29.6 Å². The van der Waals surface area contributed by atoms with Gasteiger partial charge < -0.3 is 10.6 Å². The van der Waals surface area contributed by atoms with E-state index in [0.29, 0.717) is 31.0 Å². The van der Waals surface area contributed by atoms with Gasteiger partial charge in [0.05, 0.1) is 17.1 Å². The molecule has 6 heteroatoms. The molecule has 140 valence electrons. The maximum absolute atomic E-state index is 12.1. The van der Waals surface area contributed by atoms with Crippen molar-refractivity contribution in [3.8, 4) is 0 Å². The summed E-state index contributed by atoms with van der Waals surface area (Å²) in [4.78, 5) is 28.5. The van der Waals surface area contributed by atoms with Crippen molar-refractivity contribution in [2.45, 2.75) is 52.5 Å². The molecule has 0 fully saturated rings. The zero-order chi connectivity index (χ0) is 18.9. The molecule has 0 aliphatic rings. The Bertz CT molecular complexity index is 723. The third-order valence-electron chi connectivity index (χ3n) is 3.93. The fourth-order valence-electron chi connectivity index (χ4n) is 2.35. The van der Waals surface area contributed by atoms with Crippen LogP contribution in [0.4, 0.5) is 0 Å². The monoisotopic (exact) mass is 373 g/mol. The quantitative estimate of drug-likeness (QED) is 0.659. The number of benzene rings is 1. The molecule has 0 aliphatic heterocycles. The largest absolute Gasteiger partial charge is 0.352 e. The number of unbranched alkanes of at least 4 members (excludes halogenated alkanes) is 1. The summed E-state index contributed by atoms with van der Waals surface area (Å²) in [6.45, 7) is 7.42. The first kappa shape index (κ1) is 20.1. The van der Waals surface area contributed by atoms with Crippen molar-refractivity contribution in [2.75, 3.05) is 6.54 Å². The van der Waals surface area contributed by atoms with Gasteiger partial charge in [-0.15, -0.1) is 11.3 Å². The van der Waals surface area contributed by atoms with Crippen molar-refractivity contribution in [1.29, 1.82) is 0 Å². The second-order valence-corrected chi connectivity index (χ2v) is 7.48. The minimum Gasteiger partial charge on any atom is -0.352 e. The second-order valence-electron chi connectivity index (χ2n) is 6.59. The number of nitrogens with zero attached hydrogens (tertiary/aromatic N) is 1. The Morgan fingerprint density at radius 2 is 1.88 bits per heavy atom. The van der Waals surface area contributed by atoms with Gasteiger partial charge in [-0.25, -0.2) is 4.98 Å². The zero-order valence-electron chi connectivity index (χ0n) is 15.7. The molecule has 0 saturated carbocycles. The van der Waals surface area contributed by atoms with Gasteiger partial charge in [0.1, 0.15) is 0 Å². The van der Waals surface area contributed by atoms with Crippen molar-refractivity contribution in [2.24, 2.45) is 0 Å². The van der Waals surface area contributed by atoms with Gasteiger partial charge in [0.15, 0.2) is 0 Å². The molecule has 2 amide bonds. The SMILES string of the molecule is CCCCNC(=O)c1ccc(CNC(=O)Cc2csc(C(C)C)n2)cc1. The van der Waals surface area contributed by atoms with Gasteiger partial charge in [-0.1, -0.05) is 39.3 Å². The predicted molar refractivity (Wildman–Crippen MR) is 105 cm³/mol. The molecule has 2 rings (SSSR count). The minimum absolute atomic E-state index is 0.0491. The summed E-state index contributed by atoms with van der Waals surface area (Å²) in [5.74, 6) is 0.278. The van der Waals surface area contributed by atoms with Crippen molar-refractivity contribution in [3.05, 3.63) is 51.5 Å². The Morgan fingerprint density at radius 3 is 2.50 bits per heavy atom. The number of hydrogen-bond acceptors (Lipinski definition) is 4. The molecule has 1 heterocycles. The molecule has 2 aromatic rings. The van der Waals surface area contributed by atoms with Crippen molar-refractivity contribution < 1.29 is 9.59 Å². The lowest BCUT2D eigenvalue weighted by molar-refractivity contribution is -0.120. The summed E-state index contributed by atoms with van der Waals surface area (Å²) < 4.78 is 0. The van der Waals surface area contributed by atoms with E-state index < -0.39 is 0 Å². The molecule has 0 aliphatic carbocycles. The minimum atomic E-state index is -0.0569. The average Bonchev–Trinajstić information content (AvgIpc) is 3.09. The van der Waals surface area contributed by atoms with E-state index in [-0.39, 0.29) is 11.8 Å². The molecule has 5 nitrogen and oxygen atoms in total. The fourth-order valence-corrected chi connectivity index (χ4v) is 3.19. The lowest BCUT2D eigenvalue weighted by Crippen LogP contribution is -2.25. The van der Waals surface area contributed by atoms with Crippen LogP contribution in [-0.4, -0.2) is 23.3 Å². The number of aromatic nitrogens is 1. The first-order valence-electron chi connectivity index (χ1n) is 9.07. The van der Waals surface area contributed by atoms with Gasteiger partial charge in [-0.3, -0.25) is 9.59 Å². The molecular formula is C20H27N3O2S. The number of rotatable bonds is 9. The third-order valence-corrected chi connectivity index (χ3v) is 5.12. The van der Waals surface area contributed by atoms with E-state index in [1.165, 1.54) is 0 Å². The Morgan fingerprint density at radius 1 is 1.15 bits per heavy atom. The number of thiazole rings is 1. The topological polar surface area (TPSA) is 71.1 Å². The summed E-state index contributed by atoms with van der Waals surface area (Å²) in [6.07, 6.45) is 2.33. The second kappa shape index (κ2) is 10.1. The Hall–Kier alpha value is -2.21. The summed E-state index contributed by atoms with van der Waals surface area (Å²) in [5, 5.41) is 8.80. The van der Waals surface area contributed by atoms with E-state index in [2.05, 4.69) is 36.4 Å². The number of carbonyl (C=O) groups excluding carboxylic acids is 2. The van der Waals surface area contributed by atoms with Crippen LogP contribution in [0.1, 0.15) is 66.2 Å². The Labute approximate surface area is 159 Å². The maximum Gasteiger partial charge on any atom is 0.251 e. The lowest BCUT2D eigenvalue weighted by atomic mass is 10.1. The molecule has 0 saturated heterocycles. The first-order valence-corrected chi connectivity index (χ1v) is 9.95. The van der Waals surface area contributed by atoms with Crippen LogP contribution in [0.3, 0.4) is 0 Å². The molecular weight excluding hydrogens is 346 g/mol. The highest BCUT2D eigenvalue weighted by Gasteiger charge is 2.10. The van der Waals surface area contributed by atoms with E-state index in [4.69, 9.17) is 0 Å². The molecule has 26 heavy (non-hydrogen) atoms. The van der Waals surface area contributed by atoms with E-state index in [0.717, 1.165) is 29.1 Å². The molecule has 0 atom stereocenters. The summed E-state index contributed by atoms with van der Waals surface area (Å²) >= 11 is 1.60. The number of hydrogen-bond donors (Lipinski definition) is 2. The average molecular weight is 374 g/mol. The number of amides is 2. The van der Waals surface area contributed by atoms with Gasteiger partial charge in [0.25, 0.3) is 5.91 Å². The van der Waals surface area contributed by atoms with Gasteiger partial charge in [0, 0.05) is 30.0 Å². The molecule has 2 N–H and O–H groups in total. The van der Waals surface area contributed by atoms with E-state index in [1.54, 1.807) is 23.5 Å². The molecule has 0 spiro atoms. The van der Waals surface area contributed by atoms with Crippen LogP contribution in [0.25, 0.3) is 0 Å². The highest BCUT2D eigenvalue weighted by Crippen LogP contribution is 2.19. The lowest BCUT2D eigenvalue weighted by Gasteiger charge is -2.07. The highest BCUT2D eigenvalue weighted by molar-refractivity contribution is 7.09. The first-order chi connectivity index (χ1) is 12.5. The van der Waals surface area contributed by atoms with E-state index in [1.807, 2.05) is 17.5 Å². The number of carbonyl (C=O) groups is 2. The van der Waals surface area contributed by atoms with E-state index in [9.17, 15) is 9.59 Å². The van der Waals surface area contributed by atoms with Crippen LogP contribution >= 0.6 is 11.3 Å². The Balaban J connectivity index is 1.79. The van der Waals surface area contributed by atoms with Gasteiger partial charge in [0.2, 0.25) is 5.91 Å². The van der Waals surface area contributed by atoms with Crippen LogP contribution in [0.5, 0.6) is 0 Å². The smallest absolute Gasteiger partial charge is 0.251 e. The van der Waals surface area contributed by atoms with Crippen molar-refractivity contribution >= 4 is 23.2 Å². The van der Waals surface area contributed by atoms with Crippen molar-refractivity contribution in [1.82, 2.24) is 15.6 Å². The Kier molecular flexibility index (Phi) is 7.78. The van der Waals surface area contributed by atoms with Gasteiger partial charge in [-0.05, 0) is 24.1 Å². The third kappa shape index (κ3) is 6.26. The molecule has 0 radical (unpaired) electrons. The van der Waals surface area contributed by atoms with Gasteiger partial charge in [-0.2, -0.15) is 0 Å². The predicted octanol–water partition coefficient (Wildman–Crippen LogP) is 3.66. The van der Waals surface area contributed by atoms with Gasteiger partial charge >= 0.3 is 0 Å². The summed E-state index contributed by atoms with van der Waals surface area (Å²) in [6, 6.07) is 7.32. The van der Waals surface area contributed by atoms with E-state index >= 15 is 0 Å². The maximum atomic E-state index is 12.1. The van der Waals surface area contributed by atoms with Crippen LogP contribution in [0, 0.1) is 0 Å². The summed E-state index contributed by atoms with van der Waals surface area (Å²) in [7, 11) is 0. The number of nitrogens with one attached hydrogen (secondary N) is 2. The van der Waals surface area contributed by atoms with Crippen LogP contribution < -0.4 is 10.6 Å². The molecule has 0 unspecified atom stereocenters. The van der Waals surface area contributed by atoms with Crippen LogP contribution in [0.2, 0.25) is 0 Å². The highest BCUT2D eigenvalue weighted by atomic mass is 32.1. The van der Waals surface area contributed by atoms with Crippen LogP contribution in [-0.2, 0) is 17.8 Å². The molecule has 1 aromatic heterocycles. The normalized spacial score (nSPS) is 10.8. The summed E-state index contributed by atoms with van der Waals surface area (Å²) in [5.41, 5.74) is 2.42. The zero-order valence-corrected chi connectivity index (χ0v) is 16.5. The van der Waals surface area contributed by atoms with Crippen molar-refractivity contribution in [3.63, 3.8) is 0 Å².